The van der Waals surface area contributed by atoms with Gasteiger partial charge in [-0.3, -0.25) is 15.1 Å². The predicted molar refractivity (Wildman–Crippen MR) is 99.1 cm³/mol. The fourth-order valence-electron chi connectivity index (χ4n) is 2.83. The maximum absolute atomic E-state index is 12.6. The van der Waals surface area contributed by atoms with Crippen LogP contribution >= 0.6 is 0 Å². The first-order valence-electron chi connectivity index (χ1n) is 8.52. The van der Waals surface area contributed by atoms with Gasteiger partial charge in [-0.05, 0) is 26.3 Å². The van der Waals surface area contributed by atoms with E-state index in [2.05, 4.69) is 4.98 Å². The number of aliphatic hydroxyl groups excluding tert-OH is 1. The normalized spacial score (nSPS) is 10.4. The molecular weight excluding hydrogens is 368 g/mol. The molecule has 1 aromatic carbocycles. The number of esters is 2. The number of aliphatic hydroxyl groups is 1. The number of aromatic nitrogens is 1. The molecule has 0 aliphatic carbocycles. The smallest absolute Gasteiger partial charge is 0.340 e. The van der Waals surface area contributed by atoms with Gasteiger partial charge < -0.3 is 14.6 Å². The summed E-state index contributed by atoms with van der Waals surface area (Å²) in [6, 6.07) is 5.57. The second kappa shape index (κ2) is 9.05. The molecule has 1 N–H and O–H groups in total. The Morgan fingerprint density at radius 2 is 1.75 bits per heavy atom. The van der Waals surface area contributed by atoms with Crippen LogP contribution in [-0.4, -0.2) is 46.8 Å². The number of hydrogen-bond donors (Lipinski definition) is 1. The van der Waals surface area contributed by atoms with Gasteiger partial charge in [0, 0.05) is 17.7 Å². The van der Waals surface area contributed by atoms with Crippen molar-refractivity contribution in [3.63, 3.8) is 0 Å². The molecule has 0 saturated heterocycles. The summed E-state index contributed by atoms with van der Waals surface area (Å²) in [6.07, 6.45) is 0. The van der Waals surface area contributed by atoms with Gasteiger partial charge >= 0.3 is 11.9 Å². The van der Waals surface area contributed by atoms with Gasteiger partial charge in [-0.25, -0.2) is 9.59 Å². The molecule has 0 aliphatic heterocycles. The lowest BCUT2D eigenvalue weighted by Crippen LogP contribution is -2.18. The van der Waals surface area contributed by atoms with Crippen LogP contribution in [0.5, 0.6) is 0 Å². The number of ether oxygens (including phenoxy) is 2. The van der Waals surface area contributed by atoms with Crippen molar-refractivity contribution >= 4 is 17.6 Å². The highest BCUT2D eigenvalue weighted by atomic mass is 16.6. The van der Waals surface area contributed by atoms with Gasteiger partial charge in [0.1, 0.15) is 6.61 Å². The molecule has 0 atom stereocenters. The van der Waals surface area contributed by atoms with Crippen LogP contribution in [0.4, 0.5) is 5.69 Å². The van der Waals surface area contributed by atoms with Gasteiger partial charge in [-0.1, -0.05) is 12.1 Å². The van der Waals surface area contributed by atoms with E-state index in [1.54, 1.807) is 26.8 Å². The molecule has 0 saturated carbocycles. The highest BCUT2D eigenvalue weighted by Gasteiger charge is 2.28. The van der Waals surface area contributed by atoms with E-state index in [1.165, 1.54) is 18.2 Å². The second-order valence-corrected chi connectivity index (χ2v) is 5.80. The van der Waals surface area contributed by atoms with E-state index >= 15 is 0 Å². The van der Waals surface area contributed by atoms with E-state index < -0.39 is 16.9 Å². The van der Waals surface area contributed by atoms with Crippen LogP contribution < -0.4 is 0 Å². The summed E-state index contributed by atoms with van der Waals surface area (Å²) in [6.45, 7) is 4.28. The molecule has 1 heterocycles. The van der Waals surface area contributed by atoms with Gasteiger partial charge in [0.15, 0.2) is 0 Å². The number of pyridine rings is 1. The molecule has 9 heteroatoms. The minimum absolute atomic E-state index is 0.0115. The number of carbonyl (C=O) groups excluding carboxylic acids is 2. The van der Waals surface area contributed by atoms with Crippen molar-refractivity contribution in [1.82, 2.24) is 4.98 Å². The minimum atomic E-state index is -0.800. The summed E-state index contributed by atoms with van der Waals surface area (Å²) in [4.78, 5) is 40.1. The maximum atomic E-state index is 12.6. The Kier molecular flexibility index (Phi) is 6.78. The molecule has 1 aromatic heterocycles. The number of nitro benzene ring substituents is 1. The third kappa shape index (κ3) is 4.32. The van der Waals surface area contributed by atoms with E-state index in [0.717, 1.165) is 0 Å². The van der Waals surface area contributed by atoms with Crippen LogP contribution in [0.3, 0.4) is 0 Å². The maximum Gasteiger partial charge on any atom is 0.340 e. The Hall–Kier alpha value is -3.33. The molecule has 2 aromatic rings. The van der Waals surface area contributed by atoms with Gasteiger partial charge in [0.25, 0.3) is 5.69 Å². The second-order valence-electron chi connectivity index (χ2n) is 5.80. The van der Waals surface area contributed by atoms with Crippen LogP contribution in [0.1, 0.15) is 39.0 Å². The molecule has 0 bridgehead atoms. The molecule has 148 valence electrons. The van der Waals surface area contributed by atoms with E-state index in [1.807, 2.05) is 0 Å². The Balaban J connectivity index is 2.84. The van der Waals surface area contributed by atoms with Gasteiger partial charge in [0.2, 0.25) is 0 Å². The largest absolute Gasteiger partial charge is 0.462 e. The van der Waals surface area contributed by atoms with Gasteiger partial charge in [0.05, 0.1) is 40.7 Å². The summed E-state index contributed by atoms with van der Waals surface area (Å²) in [7, 11) is 0. The first-order valence-corrected chi connectivity index (χ1v) is 8.52. The van der Waals surface area contributed by atoms with Gasteiger partial charge in [-0.2, -0.15) is 0 Å². The summed E-state index contributed by atoms with van der Waals surface area (Å²) >= 11 is 0. The number of non-ortho nitro benzene ring substituents is 1. The summed E-state index contributed by atoms with van der Waals surface area (Å²) in [5, 5.41) is 20.1. The first-order chi connectivity index (χ1) is 13.3. The van der Waals surface area contributed by atoms with Crippen molar-refractivity contribution in [2.24, 2.45) is 0 Å². The van der Waals surface area contributed by atoms with E-state index in [9.17, 15) is 19.7 Å². The molecule has 2 rings (SSSR count). The van der Waals surface area contributed by atoms with E-state index in [4.69, 9.17) is 14.6 Å². The zero-order chi connectivity index (χ0) is 20.8. The molecule has 28 heavy (non-hydrogen) atoms. The molecule has 0 aliphatic rings. The Bertz CT molecular complexity index is 925. The van der Waals surface area contributed by atoms with Crippen molar-refractivity contribution in [2.45, 2.75) is 20.8 Å². The topological polar surface area (TPSA) is 129 Å². The van der Waals surface area contributed by atoms with Crippen molar-refractivity contribution in [3.05, 3.63) is 56.9 Å². The lowest BCUT2D eigenvalue weighted by molar-refractivity contribution is -0.384. The van der Waals surface area contributed by atoms with Crippen LogP contribution in [0.2, 0.25) is 0 Å². The Morgan fingerprint density at radius 3 is 2.29 bits per heavy atom. The van der Waals surface area contributed by atoms with E-state index in [0.29, 0.717) is 5.69 Å². The number of benzene rings is 1. The molecule has 0 amide bonds. The zero-order valence-electron chi connectivity index (χ0n) is 15.7. The number of carbonyl (C=O) groups is 2. The number of nitro groups is 1. The third-order valence-electron chi connectivity index (χ3n) is 3.91. The third-order valence-corrected chi connectivity index (χ3v) is 3.91. The van der Waals surface area contributed by atoms with Gasteiger partial charge in [-0.15, -0.1) is 0 Å². The molecule has 0 unspecified atom stereocenters. The SMILES string of the molecule is CCOC(=O)c1c(C)nc(C)c(C(=O)OCCO)c1-c1cccc([N+](=O)[O-])c1. The fourth-order valence-corrected chi connectivity index (χ4v) is 2.83. The number of nitrogens with zero attached hydrogens (tertiary/aromatic N) is 2. The van der Waals surface area contributed by atoms with Crippen LogP contribution in [-0.2, 0) is 9.47 Å². The predicted octanol–water partition coefficient (Wildman–Crippen LogP) is 2.60. The standard InChI is InChI=1S/C19H20N2O7/c1-4-27-18(23)15-11(2)20-12(3)16(19(24)28-9-8-22)17(15)13-6-5-7-14(10-13)21(25)26/h5-7,10,22H,4,8-9H2,1-3H3. The van der Waals surface area contributed by atoms with Crippen LogP contribution in [0.25, 0.3) is 11.1 Å². The lowest BCUT2D eigenvalue weighted by atomic mass is 9.92. The van der Waals surface area contributed by atoms with E-state index in [-0.39, 0.29) is 53.5 Å². The molecule has 0 radical (unpaired) electrons. The summed E-state index contributed by atoms with van der Waals surface area (Å²) < 4.78 is 10.1. The fraction of sp³-hybridized carbons (Fsp3) is 0.316. The molecule has 0 spiro atoms. The average molecular weight is 388 g/mol. The molecule has 9 nitrogen and oxygen atoms in total. The lowest BCUT2D eigenvalue weighted by Gasteiger charge is -2.17. The van der Waals surface area contributed by atoms with Crippen molar-refractivity contribution in [2.75, 3.05) is 19.8 Å². The van der Waals surface area contributed by atoms with Crippen molar-refractivity contribution < 1.29 is 29.1 Å². The number of aryl methyl sites for hydroxylation is 2. The van der Waals surface area contributed by atoms with Crippen LogP contribution in [0, 0.1) is 24.0 Å². The number of hydrogen-bond acceptors (Lipinski definition) is 8. The van der Waals surface area contributed by atoms with Crippen molar-refractivity contribution in [3.8, 4) is 11.1 Å². The minimum Gasteiger partial charge on any atom is -0.462 e. The quantitative estimate of drug-likeness (QED) is 0.435. The Labute approximate surface area is 161 Å². The van der Waals surface area contributed by atoms with Crippen LogP contribution in [0.15, 0.2) is 24.3 Å². The number of rotatable bonds is 7. The monoisotopic (exact) mass is 388 g/mol. The Morgan fingerprint density at radius 1 is 1.14 bits per heavy atom. The summed E-state index contributed by atoms with van der Waals surface area (Å²) in [5.41, 5.74) is 0.851. The zero-order valence-corrected chi connectivity index (χ0v) is 15.7. The summed E-state index contributed by atoms with van der Waals surface area (Å²) in [5.74, 6) is -1.50. The molecular formula is C19H20N2O7. The highest BCUT2D eigenvalue weighted by molar-refractivity contribution is 6.07. The highest BCUT2D eigenvalue weighted by Crippen LogP contribution is 2.34. The first kappa shape index (κ1) is 21.0. The van der Waals surface area contributed by atoms with Crippen molar-refractivity contribution in [1.29, 1.82) is 0 Å². The molecule has 0 fully saturated rings. The average Bonchev–Trinajstić information content (AvgIpc) is 2.65.